The molecule has 0 spiro atoms. The molecule has 136 valence electrons. The van der Waals surface area contributed by atoms with Gasteiger partial charge in [-0.05, 0) is 37.5 Å². The third-order valence-electron chi connectivity index (χ3n) is 4.69. The Hall–Kier alpha value is -1.23. The largest absolute Gasteiger partial charge is 0.347 e. The first-order valence-electron chi connectivity index (χ1n) is 9.58. The van der Waals surface area contributed by atoms with E-state index in [9.17, 15) is 0 Å². The maximum absolute atomic E-state index is 5.96. The van der Waals surface area contributed by atoms with Crippen LogP contribution in [0.2, 0.25) is 0 Å². The summed E-state index contributed by atoms with van der Waals surface area (Å²) in [5.74, 6) is 0.551. The number of aryl methyl sites for hydroxylation is 1. The molecule has 0 atom stereocenters. The van der Waals surface area contributed by atoms with Crippen LogP contribution in [-0.2, 0) is 15.9 Å². The second-order valence-corrected chi connectivity index (χ2v) is 7.97. The molecule has 0 aliphatic carbocycles. The van der Waals surface area contributed by atoms with Crippen molar-refractivity contribution in [1.29, 1.82) is 0 Å². The molecule has 25 heavy (non-hydrogen) atoms. The molecule has 2 aromatic heterocycles. The second-order valence-electron chi connectivity index (χ2n) is 6.85. The summed E-state index contributed by atoms with van der Waals surface area (Å²) in [6.07, 6.45) is 8.96. The molecule has 0 unspecified atom stereocenters. The summed E-state index contributed by atoms with van der Waals surface area (Å²) in [7, 11) is 0. The molecule has 0 saturated carbocycles. The molecule has 3 heterocycles. The minimum absolute atomic E-state index is 0.201. The molecule has 1 saturated heterocycles. The Morgan fingerprint density at radius 2 is 1.84 bits per heavy atom. The van der Waals surface area contributed by atoms with E-state index in [1.165, 1.54) is 48.2 Å². The van der Waals surface area contributed by atoms with Gasteiger partial charge in [0.15, 0.2) is 6.29 Å². The molecule has 0 amide bonds. The van der Waals surface area contributed by atoms with Crippen LogP contribution in [0.4, 0.5) is 0 Å². The fraction of sp³-hybridized carbons (Fsp3) is 0.571. The number of ether oxygens (including phenoxy) is 2. The first-order valence-corrected chi connectivity index (χ1v) is 10.4. The van der Waals surface area contributed by atoms with Gasteiger partial charge in [0.2, 0.25) is 0 Å². The van der Waals surface area contributed by atoms with Crippen LogP contribution in [0.3, 0.4) is 0 Å². The van der Waals surface area contributed by atoms with Crippen LogP contribution < -0.4 is 0 Å². The molecule has 0 radical (unpaired) electrons. The molecule has 0 bridgehead atoms. The Balaban J connectivity index is 1.57. The second kappa shape index (κ2) is 9.46. The van der Waals surface area contributed by atoms with Crippen molar-refractivity contribution in [2.24, 2.45) is 5.92 Å². The molecule has 1 fully saturated rings. The highest BCUT2D eigenvalue weighted by Gasteiger charge is 2.24. The van der Waals surface area contributed by atoms with E-state index < -0.39 is 0 Å². The summed E-state index contributed by atoms with van der Waals surface area (Å²) in [5.41, 5.74) is 2.35. The van der Waals surface area contributed by atoms with Crippen LogP contribution in [0.1, 0.15) is 62.8 Å². The number of unbranched alkanes of at least 4 members (excludes halogenated alkanes) is 2. The molecule has 4 heteroatoms. The Labute approximate surface area is 155 Å². The van der Waals surface area contributed by atoms with Gasteiger partial charge in [-0.2, -0.15) is 0 Å². The number of hydrogen-bond donors (Lipinski definition) is 0. The number of rotatable bonds is 8. The zero-order valence-corrected chi connectivity index (χ0v) is 16.2. The normalized spacial score (nSPS) is 20.7. The van der Waals surface area contributed by atoms with Crippen LogP contribution in [0.15, 0.2) is 30.5 Å². The highest BCUT2D eigenvalue weighted by Crippen LogP contribution is 2.35. The highest BCUT2D eigenvalue weighted by molar-refractivity contribution is 7.15. The zero-order valence-electron chi connectivity index (χ0n) is 15.4. The van der Waals surface area contributed by atoms with Gasteiger partial charge in [-0.1, -0.05) is 39.2 Å². The summed E-state index contributed by atoms with van der Waals surface area (Å²) >= 11 is 1.75. The average Bonchev–Trinajstić information content (AvgIpc) is 3.15. The van der Waals surface area contributed by atoms with Gasteiger partial charge in [-0.25, -0.2) is 0 Å². The standard InChI is InChI=1S/C21H29NO2S/c1-3-5-7-16-14-23-21(24-15-16)20-12-11-19(25-20)17-9-10-18(22-13-17)8-6-4-2/h9-13,16,21H,3-8,14-15H2,1-2H3/t16-,21-. The molecule has 1 aliphatic heterocycles. The number of aromatic nitrogens is 1. The molecule has 0 N–H and O–H groups in total. The molecule has 0 aromatic carbocycles. The first-order chi connectivity index (χ1) is 12.3. The van der Waals surface area contributed by atoms with Gasteiger partial charge in [-0.3, -0.25) is 4.98 Å². The van der Waals surface area contributed by atoms with Crippen molar-refractivity contribution in [3.63, 3.8) is 0 Å². The topological polar surface area (TPSA) is 31.4 Å². The van der Waals surface area contributed by atoms with Gasteiger partial charge in [0.25, 0.3) is 0 Å². The molecule has 1 aliphatic rings. The lowest BCUT2D eigenvalue weighted by molar-refractivity contribution is -0.204. The van der Waals surface area contributed by atoms with E-state index in [4.69, 9.17) is 9.47 Å². The van der Waals surface area contributed by atoms with E-state index in [1.807, 2.05) is 6.20 Å². The number of pyridine rings is 1. The lowest BCUT2D eigenvalue weighted by atomic mass is 10.0. The number of thiophene rings is 1. The SMILES string of the molecule is CCCCc1ccc(-c2ccc([C@H]3OC[C@H](CCCC)CO3)s2)cn1. The van der Waals surface area contributed by atoms with Crippen LogP contribution >= 0.6 is 11.3 Å². The fourth-order valence-corrected chi connectivity index (χ4v) is 4.07. The van der Waals surface area contributed by atoms with Crippen molar-refractivity contribution in [2.45, 2.75) is 58.7 Å². The first kappa shape index (κ1) is 18.6. The summed E-state index contributed by atoms with van der Waals surface area (Å²) in [6.45, 7) is 6.06. The smallest absolute Gasteiger partial charge is 0.193 e. The number of nitrogens with zero attached hydrogens (tertiary/aromatic N) is 1. The van der Waals surface area contributed by atoms with Gasteiger partial charge in [0.05, 0.1) is 18.1 Å². The molecule has 2 aromatic rings. The van der Waals surface area contributed by atoms with Crippen LogP contribution in [0.25, 0.3) is 10.4 Å². The molecule has 3 rings (SSSR count). The Morgan fingerprint density at radius 3 is 2.52 bits per heavy atom. The third kappa shape index (κ3) is 5.13. The average molecular weight is 360 g/mol. The summed E-state index contributed by atoms with van der Waals surface area (Å²) in [5, 5.41) is 0. The van der Waals surface area contributed by atoms with Gasteiger partial charge >= 0.3 is 0 Å². The lowest BCUT2D eigenvalue weighted by Gasteiger charge is -2.28. The Bertz CT molecular complexity index is 630. The molecule has 3 nitrogen and oxygen atoms in total. The van der Waals surface area contributed by atoms with Crippen molar-refractivity contribution < 1.29 is 9.47 Å². The third-order valence-corrected chi connectivity index (χ3v) is 5.84. The summed E-state index contributed by atoms with van der Waals surface area (Å²) in [6, 6.07) is 8.61. The predicted molar refractivity (Wildman–Crippen MR) is 104 cm³/mol. The van der Waals surface area contributed by atoms with Crippen molar-refractivity contribution in [3.05, 3.63) is 41.0 Å². The molecular weight excluding hydrogens is 330 g/mol. The number of hydrogen-bond acceptors (Lipinski definition) is 4. The summed E-state index contributed by atoms with van der Waals surface area (Å²) in [4.78, 5) is 6.98. The quantitative estimate of drug-likeness (QED) is 0.579. The summed E-state index contributed by atoms with van der Waals surface area (Å²) < 4.78 is 11.9. The Kier molecular flexibility index (Phi) is 7.02. The van der Waals surface area contributed by atoms with Gasteiger partial charge in [0, 0.05) is 28.2 Å². The van der Waals surface area contributed by atoms with E-state index in [0.717, 1.165) is 24.5 Å². The minimum atomic E-state index is -0.201. The van der Waals surface area contributed by atoms with Gasteiger partial charge < -0.3 is 9.47 Å². The zero-order chi connectivity index (χ0) is 17.5. The van der Waals surface area contributed by atoms with E-state index >= 15 is 0 Å². The van der Waals surface area contributed by atoms with Crippen molar-refractivity contribution in [2.75, 3.05) is 13.2 Å². The van der Waals surface area contributed by atoms with Crippen LogP contribution in [0, 0.1) is 5.92 Å². The van der Waals surface area contributed by atoms with E-state index in [-0.39, 0.29) is 6.29 Å². The van der Waals surface area contributed by atoms with Crippen LogP contribution in [-0.4, -0.2) is 18.2 Å². The van der Waals surface area contributed by atoms with E-state index in [2.05, 4.69) is 43.1 Å². The van der Waals surface area contributed by atoms with Crippen LogP contribution in [0.5, 0.6) is 0 Å². The molecular formula is C21H29NO2S. The van der Waals surface area contributed by atoms with Crippen molar-refractivity contribution in [1.82, 2.24) is 4.98 Å². The minimum Gasteiger partial charge on any atom is -0.347 e. The maximum Gasteiger partial charge on any atom is 0.193 e. The van der Waals surface area contributed by atoms with E-state index in [1.54, 1.807) is 11.3 Å². The lowest BCUT2D eigenvalue weighted by Crippen LogP contribution is -2.26. The highest BCUT2D eigenvalue weighted by atomic mass is 32.1. The van der Waals surface area contributed by atoms with Crippen molar-refractivity contribution >= 4 is 11.3 Å². The Morgan fingerprint density at radius 1 is 1.04 bits per heavy atom. The monoisotopic (exact) mass is 359 g/mol. The van der Waals surface area contributed by atoms with Gasteiger partial charge in [0.1, 0.15) is 0 Å². The van der Waals surface area contributed by atoms with Gasteiger partial charge in [-0.15, -0.1) is 11.3 Å². The predicted octanol–water partition coefficient (Wildman–Crippen LogP) is 6.00. The fourth-order valence-electron chi connectivity index (χ4n) is 3.08. The van der Waals surface area contributed by atoms with E-state index in [0.29, 0.717) is 5.92 Å². The van der Waals surface area contributed by atoms with Crippen molar-refractivity contribution in [3.8, 4) is 10.4 Å². The maximum atomic E-state index is 5.96.